The van der Waals surface area contributed by atoms with Crippen LogP contribution in [0.3, 0.4) is 0 Å². The van der Waals surface area contributed by atoms with Crippen LogP contribution < -0.4 is 5.73 Å². The molecule has 1 aliphatic heterocycles. The Balaban J connectivity index is 1.91. The van der Waals surface area contributed by atoms with Gasteiger partial charge in [-0.2, -0.15) is 0 Å². The second kappa shape index (κ2) is 6.70. The molecule has 0 spiro atoms. The highest BCUT2D eigenvalue weighted by Crippen LogP contribution is 2.32. The fourth-order valence-corrected chi connectivity index (χ4v) is 3.11. The van der Waals surface area contributed by atoms with E-state index in [0.717, 1.165) is 19.7 Å². The normalized spacial score (nSPS) is 21.4. The first-order chi connectivity index (χ1) is 9.49. The maximum Gasteiger partial charge on any atom is 0.0702 e. The van der Waals surface area contributed by atoms with Gasteiger partial charge in [-0.1, -0.05) is 44.2 Å². The summed E-state index contributed by atoms with van der Waals surface area (Å²) in [5, 5.41) is 0. The predicted octanol–water partition coefficient (Wildman–Crippen LogP) is 2.82. The van der Waals surface area contributed by atoms with Crippen molar-refractivity contribution in [3.63, 3.8) is 0 Å². The molecule has 1 aliphatic rings. The molecule has 0 radical (unpaired) electrons. The van der Waals surface area contributed by atoms with Gasteiger partial charge in [-0.05, 0) is 30.9 Å². The average molecular weight is 276 g/mol. The molecule has 1 saturated heterocycles. The first-order valence-corrected chi connectivity index (χ1v) is 7.60. The summed E-state index contributed by atoms with van der Waals surface area (Å²) in [6.07, 6.45) is 2.80. The van der Waals surface area contributed by atoms with Crippen LogP contribution in [0.25, 0.3) is 0 Å². The van der Waals surface area contributed by atoms with E-state index < -0.39 is 0 Å². The second-order valence-electron chi connectivity index (χ2n) is 6.71. The molecule has 20 heavy (non-hydrogen) atoms. The Morgan fingerprint density at radius 3 is 2.65 bits per heavy atom. The molecule has 1 aromatic rings. The van der Waals surface area contributed by atoms with E-state index in [1.54, 1.807) is 0 Å². The molecule has 3 heteroatoms. The summed E-state index contributed by atoms with van der Waals surface area (Å²) in [7, 11) is 2.17. The molecular formula is C17H28N2O. The van der Waals surface area contributed by atoms with Crippen molar-refractivity contribution in [2.45, 2.75) is 38.8 Å². The summed E-state index contributed by atoms with van der Waals surface area (Å²) in [6.45, 7) is 7.40. The molecule has 112 valence electrons. The van der Waals surface area contributed by atoms with E-state index in [1.807, 2.05) is 6.07 Å². The standard InChI is InChI=1S/C17H28N2O/c1-17(2,16(18)14-8-5-4-6-9-14)13-19(3)12-15-10-7-11-20-15/h4-6,8-9,15-16H,7,10-13,18H2,1-3H3. The number of nitrogens with zero attached hydrogens (tertiary/aromatic N) is 1. The molecule has 2 unspecified atom stereocenters. The Labute approximate surface area is 123 Å². The number of likely N-dealkylation sites (N-methyl/N-ethyl adjacent to an activating group) is 1. The van der Waals surface area contributed by atoms with E-state index in [-0.39, 0.29) is 11.5 Å². The van der Waals surface area contributed by atoms with E-state index >= 15 is 0 Å². The quantitative estimate of drug-likeness (QED) is 0.868. The van der Waals surface area contributed by atoms with Crippen molar-refractivity contribution < 1.29 is 4.74 Å². The largest absolute Gasteiger partial charge is 0.377 e. The van der Waals surface area contributed by atoms with Crippen LogP contribution in [0.4, 0.5) is 0 Å². The zero-order valence-electron chi connectivity index (χ0n) is 13.0. The molecule has 1 aromatic carbocycles. The van der Waals surface area contributed by atoms with E-state index in [9.17, 15) is 0 Å². The molecule has 2 N–H and O–H groups in total. The first kappa shape index (κ1) is 15.5. The van der Waals surface area contributed by atoms with Gasteiger partial charge in [0.05, 0.1) is 6.10 Å². The van der Waals surface area contributed by atoms with Gasteiger partial charge in [-0.15, -0.1) is 0 Å². The van der Waals surface area contributed by atoms with Crippen molar-refractivity contribution >= 4 is 0 Å². The fourth-order valence-electron chi connectivity index (χ4n) is 3.11. The lowest BCUT2D eigenvalue weighted by Crippen LogP contribution is -2.41. The third-order valence-corrected chi connectivity index (χ3v) is 4.22. The smallest absolute Gasteiger partial charge is 0.0702 e. The van der Waals surface area contributed by atoms with E-state index in [1.165, 1.54) is 18.4 Å². The highest BCUT2D eigenvalue weighted by Gasteiger charge is 2.30. The summed E-state index contributed by atoms with van der Waals surface area (Å²) >= 11 is 0. The SMILES string of the molecule is CN(CC1CCCO1)CC(C)(C)C(N)c1ccccc1. The molecule has 0 saturated carbocycles. The number of rotatable bonds is 6. The molecule has 3 nitrogen and oxygen atoms in total. The van der Waals surface area contributed by atoms with Crippen LogP contribution in [0.5, 0.6) is 0 Å². The van der Waals surface area contributed by atoms with Crippen molar-refractivity contribution in [1.82, 2.24) is 4.90 Å². The molecule has 0 aromatic heterocycles. The van der Waals surface area contributed by atoms with E-state index in [0.29, 0.717) is 6.10 Å². The predicted molar refractivity (Wildman–Crippen MR) is 83.6 cm³/mol. The van der Waals surface area contributed by atoms with Gasteiger partial charge >= 0.3 is 0 Å². The average Bonchev–Trinajstić information content (AvgIpc) is 2.91. The van der Waals surface area contributed by atoms with Gasteiger partial charge in [0.2, 0.25) is 0 Å². The van der Waals surface area contributed by atoms with Crippen LogP contribution in [-0.2, 0) is 4.74 Å². The molecule has 0 amide bonds. The van der Waals surface area contributed by atoms with Crippen molar-refractivity contribution in [3.05, 3.63) is 35.9 Å². The minimum absolute atomic E-state index is 0.0364. The molecule has 1 fully saturated rings. The van der Waals surface area contributed by atoms with Crippen LogP contribution in [0.15, 0.2) is 30.3 Å². The van der Waals surface area contributed by atoms with Crippen molar-refractivity contribution in [2.75, 3.05) is 26.7 Å². The summed E-state index contributed by atoms with van der Waals surface area (Å²) in [5.74, 6) is 0. The maximum atomic E-state index is 6.47. The number of ether oxygens (including phenoxy) is 1. The van der Waals surface area contributed by atoms with Gasteiger partial charge in [-0.3, -0.25) is 0 Å². The maximum absolute atomic E-state index is 6.47. The number of hydrogen-bond donors (Lipinski definition) is 1. The summed E-state index contributed by atoms with van der Waals surface area (Å²) in [6, 6.07) is 10.4. The second-order valence-corrected chi connectivity index (χ2v) is 6.71. The Morgan fingerprint density at radius 2 is 2.05 bits per heavy atom. The number of nitrogens with two attached hydrogens (primary N) is 1. The Kier molecular flexibility index (Phi) is 5.19. The zero-order valence-corrected chi connectivity index (χ0v) is 13.0. The van der Waals surface area contributed by atoms with Crippen molar-refractivity contribution in [1.29, 1.82) is 0 Å². The molecule has 0 bridgehead atoms. The van der Waals surface area contributed by atoms with Crippen molar-refractivity contribution in [2.24, 2.45) is 11.1 Å². The monoisotopic (exact) mass is 276 g/mol. The summed E-state index contributed by atoms with van der Waals surface area (Å²) < 4.78 is 5.71. The van der Waals surface area contributed by atoms with Crippen LogP contribution in [0.2, 0.25) is 0 Å². The summed E-state index contributed by atoms with van der Waals surface area (Å²) in [4.78, 5) is 2.36. The van der Waals surface area contributed by atoms with E-state index in [4.69, 9.17) is 10.5 Å². The van der Waals surface area contributed by atoms with Crippen LogP contribution in [0.1, 0.15) is 38.3 Å². The minimum atomic E-state index is 0.0364. The molecular weight excluding hydrogens is 248 g/mol. The first-order valence-electron chi connectivity index (χ1n) is 7.60. The highest BCUT2D eigenvalue weighted by atomic mass is 16.5. The van der Waals surface area contributed by atoms with Gasteiger partial charge < -0.3 is 15.4 Å². The highest BCUT2D eigenvalue weighted by molar-refractivity contribution is 5.20. The lowest BCUT2D eigenvalue weighted by Gasteiger charge is -2.36. The Hall–Kier alpha value is -0.900. The van der Waals surface area contributed by atoms with E-state index in [2.05, 4.69) is 50.1 Å². The molecule has 2 rings (SSSR count). The number of benzene rings is 1. The molecule has 2 atom stereocenters. The minimum Gasteiger partial charge on any atom is -0.377 e. The lowest BCUT2D eigenvalue weighted by molar-refractivity contribution is 0.0656. The van der Waals surface area contributed by atoms with Gasteiger partial charge in [0, 0.05) is 25.7 Å². The van der Waals surface area contributed by atoms with Gasteiger partial charge in [0.1, 0.15) is 0 Å². The molecule has 1 heterocycles. The number of hydrogen-bond acceptors (Lipinski definition) is 3. The van der Waals surface area contributed by atoms with Crippen molar-refractivity contribution in [3.8, 4) is 0 Å². The summed E-state index contributed by atoms with van der Waals surface area (Å²) in [5.41, 5.74) is 7.72. The Bertz CT molecular complexity index is 399. The third-order valence-electron chi connectivity index (χ3n) is 4.22. The lowest BCUT2D eigenvalue weighted by atomic mass is 9.80. The van der Waals surface area contributed by atoms with Crippen LogP contribution in [-0.4, -0.2) is 37.7 Å². The Morgan fingerprint density at radius 1 is 1.35 bits per heavy atom. The zero-order chi connectivity index (χ0) is 14.6. The fraction of sp³-hybridized carbons (Fsp3) is 0.647. The van der Waals surface area contributed by atoms with Gasteiger partial charge in [-0.25, -0.2) is 0 Å². The molecule has 0 aliphatic carbocycles. The topological polar surface area (TPSA) is 38.5 Å². The van der Waals surface area contributed by atoms with Gasteiger partial charge in [0.25, 0.3) is 0 Å². The van der Waals surface area contributed by atoms with Gasteiger partial charge in [0.15, 0.2) is 0 Å². The van der Waals surface area contributed by atoms with Crippen LogP contribution in [0, 0.1) is 5.41 Å². The third kappa shape index (κ3) is 4.05. The van der Waals surface area contributed by atoms with Crippen LogP contribution >= 0.6 is 0 Å².